The number of carboxylic acids is 4. The third-order valence-corrected chi connectivity index (χ3v) is 1.39. The van der Waals surface area contributed by atoms with Crippen LogP contribution in [0, 0.1) is 0 Å². The van der Waals surface area contributed by atoms with E-state index in [1.807, 2.05) is 0 Å². The van der Waals surface area contributed by atoms with Crippen LogP contribution >= 0.6 is 0 Å². The Hall–Kier alpha value is -0.980. The Labute approximate surface area is 301 Å². The summed E-state index contributed by atoms with van der Waals surface area (Å²) in [4.78, 5) is 76.1. The summed E-state index contributed by atoms with van der Waals surface area (Å²) in [6, 6.07) is 0. The van der Waals surface area contributed by atoms with Crippen LogP contribution in [0.5, 0.6) is 0 Å². The zero-order chi connectivity index (χ0) is 30.3. The molecule has 0 aromatic heterocycles. The summed E-state index contributed by atoms with van der Waals surface area (Å²) in [6.45, 7) is 9.62. The van der Waals surface area contributed by atoms with E-state index in [9.17, 15) is 19.2 Å². The molecule has 0 atom stereocenters. The van der Waals surface area contributed by atoms with E-state index in [2.05, 4.69) is 18.9 Å². The van der Waals surface area contributed by atoms with Crippen LogP contribution in [0.2, 0.25) is 0 Å². The van der Waals surface area contributed by atoms with Crippen LogP contribution in [0.1, 0.15) is 55.4 Å². The van der Waals surface area contributed by atoms with Crippen molar-refractivity contribution < 1.29 is 137 Å². The van der Waals surface area contributed by atoms with Crippen LogP contribution in [0.15, 0.2) is 0 Å². The monoisotopic (exact) mass is 614 g/mol. The second kappa shape index (κ2) is 49.9. The van der Waals surface area contributed by atoms with Crippen molar-refractivity contribution in [1.82, 2.24) is 0 Å². The molecular weight excluding hydrogens is 582 g/mol. The molecule has 0 heterocycles. The summed E-state index contributed by atoms with van der Waals surface area (Å²) in [5.41, 5.74) is 0. The molecule has 212 valence electrons. The number of hydrogen-bond donors (Lipinski definition) is 0. The first-order chi connectivity index (χ1) is 16.2. The molecule has 0 radical (unpaired) electrons. The molecule has 0 saturated heterocycles. The number of aliphatic carboxylic acids is 4. The predicted molar refractivity (Wildman–Crippen MR) is 115 cm³/mol. The van der Waals surface area contributed by atoms with Crippen LogP contribution in [0.25, 0.3) is 0 Å². The molecular formula is C20H32CaNa2O16. The summed E-state index contributed by atoms with van der Waals surface area (Å²) in [5, 5.41) is 35.6. The van der Waals surface area contributed by atoms with Gasteiger partial charge in [0.2, 0.25) is 0 Å². The van der Waals surface area contributed by atoms with Crippen LogP contribution in [-0.2, 0) is 57.3 Å². The van der Waals surface area contributed by atoms with E-state index in [4.69, 9.17) is 39.6 Å². The zero-order valence-electron chi connectivity index (χ0n) is 24.1. The number of ether oxygens (including phenoxy) is 4. The maximum absolute atomic E-state index is 10.1. The van der Waals surface area contributed by atoms with Gasteiger partial charge in [-0.2, -0.15) is 0 Å². The molecule has 0 fully saturated rings. The van der Waals surface area contributed by atoms with Crippen molar-refractivity contribution in [1.29, 1.82) is 0 Å². The number of carbonyl (C=O) groups is 8. The van der Waals surface area contributed by atoms with Gasteiger partial charge in [0.1, 0.15) is 26.4 Å². The standard InChI is InChI=1S/2C6H10O4.4C2H4O2.Ca.2Na/c2*1-5(7)9-3-4-10-6(2)8;4*1-2(3)4;;;/h2*3-4H2,1-2H3;4*1H3,(H,3,4);;;/q;;;;;;+2;2*+1/p-4. The number of esters is 4. The van der Waals surface area contributed by atoms with Gasteiger partial charge in [0.15, 0.2) is 0 Å². The molecule has 19 heteroatoms. The summed E-state index contributed by atoms with van der Waals surface area (Å²) < 4.78 is 17.9. The minimum atomic E-state index is -1.08. The van der Waals surface area contributed by atoms with Crippen LogP contribution < -0.4 is 79.5 Å². The van der Waals surface area contributed by atoms with Crippen molar-refractivity contribution in [3.05, 3.63) is 0 Å². The van der Waals surface area contributed by atoms with Gasteiger partial charge in [0, 0.05) is 51.6 Å². The third-order valence-electron chi connectivity index (χ3n) is 1.39. The first kappa shape index (κ1) is 61.9. The predicted octanol–water partition coefficient (Wildman–Crippen LogP) is -11.1. The van der Waals surface area contributed by atoms with Crippen molar-refractivity contribution in [2.24, 2.45) is 0 Å². The molecule has 0 saturated carbocycles. The Bertz CT molecular complexity index is 544. The molecule has 0 aliphatic carbocycles. The Morgan fingerprint density at radius 1 is 0.385 bits per heavy atom. The summed E-state index contributed by atoms with van der Waals surface area (Å²) in [6.07, 6.45) is 0. The normalized spacial score (nSPS) is 6.97. The van der Waals surface area contributed by atoms with Gasteiger partial charge in [-0.05, 0) is 27.7 Å². The molecule has 0 aromatic rings. The fourth-order valence-electron chi connectivity index (χ4n) is 0.742. The molecule has 39 heavy (non-hydrogen) atoms. The van der Waals surface area contributed by atoms with Crippen molar-refractivity contribution in [2.75, 3.05) is 26.4 Å². The van der Waals surface area contributed by atoms with Gasteiger partial charge in [0.25, 0.3) is 0 Å². The van der Waals surface area contributed by atoms with Crippen LogP contribution in [-0.4, -0.2) is 112 Å². The van der Waals surface area contributed by atoms with Gasteiger partial charge in [-0.15, -0.1) is 0 Å². The minimum Gasteiger partial charge on any atom is -0.550 e. The Morgan fingerprint density at radius 2 is 0.462 bits per heavy atom. The second-order valence-electron chi connectivity index (χ2n) is 5.33. The Morgan fingerprint density at radius 3 is 0.513 bits per heavy atom. The van der Waals surface area contributed by atoms with E-state index in [-0.39, 0.29) is 147 Å². The minimum absolute atomic E-state index is 0. The maximum atomic E-state index is 10.1. The summed E-state index contributed by atoms with van der Waals surface area (Å²) in [5.74, 6) is -5.81. The fraction of sp³-hybridized carbons (Fsp3) is 0.600. The quantitative estimate of drug-likeness (QED) is 0.116. The van der Waals surface area contributed by atoms with Gasteiger partial charge in [0.05, 0.1) is 0 Å². The van der Waals surface area contributed by atoms with Crippen LogP contribution in [0.3, 0.4) is 0 Å². The van der Waals surface area contributed by atoms with Crippen molar-refractivity contribution in [3.63, 3.8) is 0 Å². The molecule has 0 N–H and O–H groups in total. The fourth-order valence-corrected chi connectivity index (χ4v) is 0.742. The third kappa shape index (κ3) is 268. The largest absolute Gasteiger partial charge is 2.00 e. The first-order valence-corrected chi connectivity index (χ1v) is 9.42. The molecule has 0 spiro atoms. The molecule has 16 nitrogen and oxygen atoms in total. The topological polar surface area (TPSA) is 266 Å². The SMILES string of the molecule is CC(=O)OCCOC(C)=O.CC(=O)OCCOC(C)=O.CC(=O)[O-].CC(=O)[O-].CC(=O)[O-].CC(=O)[O-].[Ca+2].[Na+].[Na+]. The van der Waals surface area contributed by atoms with Gasteiger partial charge >= 0.3 is 121 Å². The summed E-state index contributed by atoms with van der Waals surface area (Å²) >= 11 is 0. The first-order valence-electron chi connectivity index (χ1n) is 9.42. The number of rotatable bonds is 6. The number of carboxylic acid groups (broad SMARTS) is 4. The molecule has 0 amide bonds. The van der Waals surface area contributed by atoms with Gasteiger partial charge < -0.3 is 58.6 Å². The number of hydrogen-bond acceptors (Lipinski definition) is 16. The second-order valence-corrected chi connectivity index (χ2v) is 5.33. The molecule has 0 aliphatic rings. The van der Waals surface area contributed by atoms with E-state index in [1.165, 1.54) is 27.7 Å². The van der Waals surface area contributed by atoms with E-state index >= 15 is 0 Å². The Kier molecular flexibility index (Phi) is 79.2. The average molecular weight is 615 g/mol. The zero-order valence-corrected chi connectivity index (χ0v) is 30.3. The Balaban J connectivity index is -0.0000000413. The van der Waals surface area contributed by atoms with E-state index < -0.39 is 23.9 Å². The van der Waals surface area contributed by atoms with E-state index in [0.29, 0.717) is 0 Å². The molecule has 0 aromatic carbocycles. The van der Waals surface area contributed by atoms with E-state index in [1.54, 1.807) is 0 Å². The molecule has 0 bridgehead atoms. The summed E-state index contributed by atoms with van der Waals surface area (Å²) in [7, 11) is 0. The van der Waals surface area contributed by atoms with Gasteiger partial charge in [-0.1, -0.05) is 0 Å². The molecule has 0 rings (SSSR count). The molecule has 0 unspecified atom stereocenters. The number of carbonyl (C=O) groups excluding carboxylic acids is 8. The van der Waals surface area contributed by atoms with Crippen molar-refractivity contribution >= 4 is 85.5 Å². The van der Waals surface area contributed by atoms with Crippen LogP contribution in [0.4, 0.5) is 0 Å². The van der Waals surface area contributed by atoms with Crippen molar-refractivity contribution in [2.45, 2.75) is 55.4 Å². The van der Waals surface area contributed by atoms with Gasteiger partial charge in [-0.25, -0.2) is 0 Å². The smallest absolute Gasteiger partial charge is 0.550 e. The van der Waals surface area contributed by atoms with Gasteiger partial charge in [-0.3, -0.25) is 19.2 Å². The maximum Gasteiger partial charge on any atom is 2.00 e. The van der Waals surface area contributed by atoms with E-state index in [0.717, 1.165) is 27.7 Å². The average Bonchev–Trinajstić information content (AvgIpc) is 2.60. The van der Waals surface area contributed by atoms with Crippen molar-refractivity contribution in [3.8, 4) is 0 Å². The molecule has 0 aliphatic heterocycles.